The average Bonchev–Trinajstić information content (AvgIpc) is 2.92. The van der Waals surface area contributed by atoms with Gasteiger partial charge in [-0.05, 0) is 110 Å². The van der Waals surface area contributed by atoms with Crippen molar-refractivity contribution >= 4 is 0 Å². The molecule has 1 unspecified atom stereocenters. The zero-order chi connectivity index (χ0) is 24.5. The average molecular weight is 473 g/mol. The Kier molecular flexibility index (Phi) is 10.3. The van der Waals surface area contributed by atoms with Crippen LogP contribution < -0.4 is 0 Å². The van der Waals surface area contributed by atoms with Gasteiger partial charge in [-0.15, -0.1) is 0 Å². The summed E-state index contributed by atoms with van der Waals surface area (Å²) < 4.78 is 0. The quantitative estimate of drug-likeness (QED) is 0.305. The van der Waals surface area contributed by atoms with E-state index in [4.69, 9.17) is 0 Å². The molecule has 0 radical (unpaired) electrons. The van der Waals surface area contributed by atoms with Gasteiger partial charge in [-0.2, -0.15) is 0 Å². The Bertz CT molecular complexity index is 829. The Hall–Kier alpha value is -1.56. The molecule has 35 heavy (non-hydrogen) atoms. The lowest BCUT2D eigenvalue weighted by Crippen LogP contribution is -2.16. The standard InChI is InChI=1S/C35H52/c1-4-7-9-27(6-3)26-29-12-16-31(17-13-29)33-20-24-35(25-21-33)34-22-18-32(19-23-34)30-14-10-28(8-5-2)11-15-30/h18-25,27-31H,4-17,26H2,1-3H3/t27?,28-,29-,30-,31-. The molecule has 0 saturated heterocycles. The third kappa shape index (κ3) is 7.47. The first-order chi connectivity index (χ1) is 17.2. The van der Waals surface area contributed by atoms with Crippen molar-refractivity contribution in [2.45, 2.75) is 129 Å². The molecule has 0 nitrogen and oxygen atoms in total. The Labute approximate surface area is 217 Å². The van der Waals surface area contributed by atoms with Crippen LogP contribution >= 0.6 is 0 Å². The molecule has 0 amide bonds. The van der Waals surface area contributed by atoms with E-state index in [1.165, 1.54) is 107 Å². The molecule has 2 aromatic rings. The van der Waals surface area contributed by atoms with Crippen molar-refractivity contribution in [3.05, 3.63) is 59.7 Å². The highest BCUT2D eigenvalue weighted by atomic mass is 14.3. The van der Waals surface area contributed by atoms with Crippen LogP contribution in [0.15, 0.2) is 48.5 Å². The van der Waals surface area contributed by atoms with Gasteiger partial charge in [0.05, 0.1) is 0 Å². The highest BCUT2D eigenvalue weighted by molar-refractivity contribution is 5.64. The number of rotatable bonds is 11. The summed E-state index contributed by atoms with van der Waals surface area (Å²) in [6, 6.07) is 19.2. The molecule has 0 heterocycles. The van der Waals surface area contributed by atoms with E-state index >= 15 is 0 Å². The van der Waals surface area contributed by atoms with Crippen LogP contribution in [-0.2, 0) is 0 Å². The summed E-state index contributed by atoms with van der Waals surface area (Å²) in [4.78, 5) is 0. The van der Waals surface area contributed by atoms with Gasteiger partial charge < -0.3 is 0 Å². The van der Waals surface area contributed by atoms with Crippen molar-refractivity contribution in [3.63, 3.8) is 0 Å². The largest absolute Gasteiger partial charge is 0.0654 e. The smallest absolute Gasteiger partial charge is 0.0162 e. The number of hydrogen-bond acceptors (Lipinski definition) is 0. The summed E-state index contributed by atoms with van der Waals surface area (Å²) in [7, 11) is 0. The zero-order valence-electron chi connectivity index (χ0n) is 23.1. The fourth-order valence-electron chi connectivity index (χ4n) is 7.27. The normalized spacial score (nSPS) is 25.9. The van der Waals surface area contributed by atoms with Crippen molar-refractivity contribution in [2.24, 2.45) is 17.8 Å². The molecular weight excluding hydrogens is 420 g/mol. The summed E-state index contributed by atoms with van der Waals surface area (Å²) in [5.41, 5.74) is 5.89. The molecule has 4 rings (SSSR count). The zero-order valence-corrected chi connectivity index (χ0v) is 23.1. The van der Waals surface area contributed by atoms with E-state index in [0.717, 1.165) is 29.6 Å². The van der Waals surface area contributed by atoms with E-state index in [9.17, 15) is 0 Å². The molecule has 0 aliphatic heterocycles. The summed E-state index contributed by atoms with van der Waals surface area (Å²) in [5, 5.41) is 0. The second-order valence-electron chi connectivity index (χ2n) is 12.1. The van der Waals surface area contributed by atoms with Crippen molar-refractivity contribution in [1.29, 1.82) is 0 Å². The van der Waals surface area contributed by atoms with Gasteiger partial charge in [0, 0.05) is 0 Å². The molecule has 2 fully saturated rings. The Morgan fingerprint density at radius 2 is 1.09 bits per heavy atom. The minimum absolute atomic E-state index is 0.779. The predicted octanol–water partition coefficient (Wildman–Crippen LogP) is 11.3. The van der Waals surface area contributed by atoms with Crippen LogP contribution in [0.3, 0.4) is 0 Å². The van der Waals surface area contributed by atoms with Gasteiger partial charge in [0.1, 0.15) is 0 Å². The maximum absolute atomic E-state index is 2.43. The van der Waals surface area contributed by atoms with Gasteiger partial charge in [0.25, 0.3) is 0 Å². The van der Waals surface area contributed by atoms with E-state index in [0.29, 0.717) is 0 Å². The van der Waals surface area contributed by atoms with Crippen LogP contribution in [0.25, 0.3) is 11.1 Å². The minimum Gasteiger partial charge on any atom is -0.0654 e. The van der Waals surface area contributed by atoms with Gasteiger partial charge in [-0.1, -0.05) is 108 Å². The maximum atomic E-state index is 2.43. The number of benzene rings is 2. The Morgan fingerprint density at radius 3 is 1.51 bits per heavy atom. The van der Waals surface area contributed by atoms with Crippen LogP contribution in [-0.4, -0.2) is 0 Å². The molecule has 2 aliphatic rings. The third-order valence-electron chi connectivity index (χ3n) is 9.70. The van der Waals surface area contributed by atoms with Crippen molar-refractivity contribution in [1.82, 2.24) is 0 Å². The summed E-state index contributed by atoms with van der Waals surface area (Å²) in [6.07, 6.45) is 21.2. The molecule has 0 N–H and O–H groups in total. The van der Waals surface area contributed by atoms with Crippen LogP contribution in [0, 0.1) is 17.8 Å². The molecule has 1 atom stereocenters. The molecule has 0 bridgehead atoms. The van der Waals surface area contributed by atoms with Gasteiger partial charge in [-0.25, -0.2) is 0 Å². The van der Waals surface area contributed by atoms with E-state index in [1.54, 1.807) is 11.1 Å². The highest BCUT2D eigenvalue weighted by Crippen LogP contribution is 2.40. The van der Waals surface area contributed by atoms with E-state index in [1.807, 2.05) is 0 Å². The SMILES string of the molecule is CCCCC(CC)C[C@H]1CC[C@H](c2ccc(-c3ccc([C@H]4CC[C@H](CCC)CC4)cc3)cc2)CC1. The summed E-state index contributed by atoms with van der Waals surface area (Å²) in [5.74, 6) is 4.50. The molecule has 2 aromatic carbocycles. The van der Waals surface area contributed by atoms with Crippen molar-refractivity contribution in [3.8, 4) is 11.1 Å². The number of unbranched alkanes of at least 4 members (excludes halogenated alkanes) is 1. The maximum Gasteiger partial charge on any atom is -0.0162 e. The molecule has 2 saturated carbocycles. The minimum atomic E-state index is 0.779. The predicted molar refractivity (Wildman–Crippen MR) is 154 cm³/mol. The van der Waals surface area contributed by atoms with Crippen molar-refractivity contribution < 1.29 is 0 Å². The van der Waals surface area contributed by atoms with Gasteiger partial charge >= 0.3 is 0 Å². The number of hydrogen-bond donors (Lipinski definition) is 0. The fraction of sp³-hybridized carbons (Fsp3) is 0.657. The summed E-state index contributed by atoms with van der Waals surface area (Å²) in [6.45, 7) is 7.07. The van der Waals surface area contributed by atoms with Crippen LogP contribution in [0.2, 0.25) is 0 Å². The van der Waals surface area contributed by atoms with Gasteiger partial charge in [0.2, 0.25) is 0 Å². The van der Waals surface area contributed by atoms with Crippen LogP contribution in [0.4, 0.5) is 0 Å². The molecular formula is C35H52. The second-order valence-corrected chi connectivity index (χ2v) is 12.1. The van der Waals surface area contributed by atoms with E-state index in [-0.39, 0.29) is 0 Å². The Balaban J connectivity index is 1.27. The first-order valence-corrected chi connectivity index (χ1v) is 15.4. The Morgan fingerprint density at radius 1 is 0.600 bits per heavy atom. The second kappa shape index (κ2) is 13.7. The molecule has 2 aliphatic carbocycles. The van der Waals surface area contributed by atoms with E-state index in [2.05, 4.69) is 69.3 Å². The van der Waals surface area contributed by atoms with E-state index < -0.39 is 0 Å². The summed E-state index contributed by atoms with van der Waals surface area (Å²) >= 11 is 0. The fourth-order valence-corrected chi connectivity index (χ4v) is 7.27. The van der Waals surface area contributed by atoms with Crippen LogP contribution in [0.1, 0.15) is 140 Å². The van der Waals surface area contributed by atoms with Gasteiger partial charge in [-0.3, -0.25) is 0 Å². The monoisotopic (exact) mass is 472 g/mol. The first kappa shape index (κ1) is 26.5. The van der Waals surface area contributed by atoms with Crippen molar-refractivity contribution in [2.75, 3.05) is 0 Å². The van der Waals surface area contributed by atoms with Gasteiger partial charge in [0.15, 0.2) is 0 Å². The lowest BCUT2D eigenvalue weighted by molar-refractivity contribution is 0.256. The van der Waals surface area contributed by atoms with Crippen LogP contribution in [0.5, 0.6) is 0 Å². The lowest BCUT2D eigenvalue weighted by Gasteiger charge is -2.31. The molecule has 0 spiro atoms. The molecule has 0 aromatic heterocycles. The molecule has 0 heteroatoms. The lowest BCUT2D eigenvalue weighted by atomic mass is 9.74. The third-order valence-corrected chi connectivity index (χ3v) is 9.70. The topological polar surface area (TPSA) is 0 Å². The molecule has 192 valence electrons. The highest BCUT2D eigenvalue weighted by Gasteiger charge is 2.24. The first-order valence-electron chi connectivity index (χ1n) is 15.4.